The second-order valence-electron chi connectivity index (χ2n) is 10.6. The van der Waals surface area contributed by atoms with Crippen LogP contribution < -0.4 is 10.6 Å². The fourth-order valence-electron chi connectivity index (χ4n) is 7.25. The Labute approximate surface area is 171 Å². The number of unbranched alkanes of at least 4 members (excludes halogenated alkanes) is 1. The van der Waals surface area contributed by atoms with E-state index in [2.05, 4.69) is 24.5 Å². The fourth-order valence-corrected chi connectivity index (χ4v) is 7.25. The molecule has 4 rings (SSSR count). The molecule has 28 heavy (non-hydrogen) atoms. The predicted octanol–water partition coefficient (Wildman–Crippen LogP) is 4.43. The molecule has 0 heterocycles. The molecule has 0 aliphatic heterocycles. The molecule has 8 atom stereocenters. The number of hydrogen-bond acceptors (Lipinski definition) is 2. The molecule has 2 N–H and O–H groups in total. The van der Waals surface area contributed by atoms with Crippen molar-refractivity contribution in [1.82, 2.24) is 10.6 Å². The molecule has 4 aliphatic rings. The summed E-state index contributed by atoms with van der Waals surface area (Å²) in [4.78, 5) is 24.5. The minimum atomic E-state index is 0.172. The van der Waals surface area contributed by atoms with Crippen molar-refractivity contribution in [1.29, 1.82) is 0 Å². The van der Waals surface area contributed by atoms with Crippen LogP contribution in [-0.4, -0.2) is 23.9 Å². The summed E-state index contributed by atoms with van der Waals surface area (Å²) >= 11 is 0. The average Bonchev–Trinajstić information content (AvgIpc) is 3.46. The van der Waals surface area contributed by atoms with Crippen molar-refractivity contribution in [2.75, 3.05) is 0 Å². The van der Waals surface area contributed by atoms with Crippen LogP contribution in [0, 0.1) is 35.5 Å². The SMILES string of the molecule is C[C@H](NC(=O)CCCCC(=O)N[C@@H](C)[C@H]1C[C@@H]2CC[C@@H]1C2)[C@@H]1C[C@@H]2CC[C@@H]1C2. The van der Waals surface area contributed by atoms with Gasteiger partial charge in [-0.15, -0.1) is 0 Å². The second kappa shape index (κ2) is 8.75. The molecule has 0 aromatic carbocycles. The highest BCUT2D eigenvalue weighted by molar-refractivity contribution is 5.77. The molecule has 4 aliphatic carbocycles. The molecule has 4 fully saturated rings. The van der Waals surface area contributed by atoms with E-state index in [1.54, 1.807) is 0 Å². The van der Waals surface area contributed by atoms with Crippen LogP contribution in [0.25, 0.3) is 0 Å². The van der Waals surface area contributed by atoms with Gasteiger partial charge in [-0.1, -0.05) is 12.8 Å². The number of nitrogens with one attached hydrogen (secondary N) is 2. The van der Waals surface area contributed by atoms with Crippen LogP contribution in [0.2, 0.25) is 0 Å². The maximum absolute atomic E-state index is 12.3. The van der Waals surface area contributed by atoms with Crippen LogP contribution in [-0.2, 0) is 9.59 Å². The maximum atomic E-state index is 12.3. The molecule has 0 radical (unpaired) electrons. The molecular formula is C24H40N2O2. The van der Waals surface area contributed by atoms with Gasteiger partial charge in [-0.2, -0.15) is 0 Å². The first kappa shape index (κ1) is 20.2. The Hall–Kier alpha value is -1.06. The third-order valence-electron chi connectivity index (χ3n) is 8.71. The second-order valence-corrected chi connectivity index (χ2v) is 10.6. The van der Waals surface area contributed by atoms with Gasteiger partial charge in [0.2, 0.25) is 11.8 Å². The van der Waals surface area contributed by atoms with Crippen LogP contribution in [0.15, 0.2) is 0 Å². The van der Waals surface area contributed by atoms with Gasteiger partial charge < -0.3 is 10.6 Å². The van der Waals surface area contributed by atoms with Crippen molar-refractivity contribution in [3.63, 3.8) is 0 Å². The fraction of sp³-hybridized carbons (Fsp3) is 0.917. The molecular weight excluding hydrogens is 348 g/mol. The van der Waals surface area contributed by atoms with Crippen molar-refractivity contribution >= 4 is 11.8 Å². The first-order valence-electron chi connectivity index (χ1n) is 12.1. The molecule has 4 heteroatoms. The van der Waals surface area contributed by atoms with Crippen LogP contribution in [0.1, 0.15) is 90.9 Å². The lowest BCUT2D eigenvalue weighted by Crippen LogP contribution is -2.40. The summed E-state index contributed by atoms with van der Waals surface area (Å²) in [5.41, 5.74) is 0. The molecule has 0 unspecified atom stereocenters. The van der Waals surface area contributed by atoms with Crippen molar-refractivity contribution in [3.05, 3.63) is 0 Å². The van der Waals surface area contributed by atoms with Gasteiger partial charge in [-0.3, -0.25) is 9.59 Å². The van der Waals surface area contributed by atoms with E-state index in [0.29, 0.717) is 36.8 Å². The average molecular weight is 389 g/mol. The van der Waals surface area contributed by atoms with Crippen LogP contribution >= 0.6 is 0 Å². The van der Waals surface area contributed by atoms with Gasteiger partial charge >= 0.3 is 0 Å². The maximum Gasteiger partial charge on any atom is 0.220 e. The smallest absolute Gasteiger partial charge is 0.220 e. The Morgan fingerprint density at radius 3 is 1.46 bits per heavy atom. The number of rotatable bonds is 9. The summed E-state index contributed by atoms with van der Waals surface area (Å²) in [6, 6.07) is 0.627. The summed E-state index contributed by atoms with van der Waals surface area (Å²) < 4.78 is 0. The highest BCUT2D eigenvalue weighted by atomic mass is 16.2. The van der Waals surface area contributed by atoms with E-state index in [4.69, 9.17) is 0 Å². The molecule has 4 nitrogen and oxygen atoms in total. The molecule has 2 amide bonds. The van der Waals surface area contributed by atoms with Gasteiger partial charge in [-0.05, 0) is 101 Å². The number of amides is 2. The van der Waals surface area contributed by atoms with E-state index in [1.807, 2.05) is 0 Å². The first-order valence-corrected chi connectivity index (χ1v) is 12.1. The zero-order chi connectivity index (χ0) is 19.7. The van der Waals surface area contributed by atoms with Gasteiger partial charge in [0.15, 0.2) is 0 Å². The number of hydrogen-bond donors (Lipinski definition) is 2. The lowest BCUT2D eigenvalue weighted by Gasteiger charge is -2.28. The Morgan fingerprint density at radius 1 is 0.714 bits per heavy atom. The molecule has 4 saturated carbocycles. The Kier molecular flexibility index (Phi) is 6.32. The number of fused-ring (bicyclic) bond motifs is 4. The number of carbonyl (C=O) groups excluding carboxylic acids is 2. The first-order chi connectivity index (χ1) is 13.5. The lowest BCUT2D eigenvalue weighted by molar-refractivity contribution is -0.124. The van der Waals surface area contributed by atoms with E-state index in [0.717, 1.165) is 36.5 Å². The largest absolute Gasteiger partial charge is 0.353 e. The minimum absolute atomic E-state index is 0.172. The minimum Gasteiger partial charge on any atom is -0.353 e. The van der Waals surface area contributed by atoms with Gasteiger partial charge in [-0.25, -0.2) is 0 Å². The number of carbonyl (C=O) groups is 2. The van der Waals surface area contributed by atoms with Crippen molar-refractivity contribution < 1.29 is 9.59 Å². The van der Waals surface area contributed by atoms with E-state index >= 15 is 0 Å². The normalized spacial score (nSPS) is 37.8. The summed E-state index contributed by atoms with van der Waals surface area (Å²) in [6.07, 6.45) is 13.7. The van der Waals surface area contributed by atoms with Gasteiger partial charge in [0.1, 0.15) is 0 Å². The summed E-state index contributed by atoms with van der Waals surface area (Å²) in [5.74, 6) is 5.28. The van der Waals surface area contributed by atoms with Gasteiger partial charge in [0.25, 0.3) is 0 Å². The van der Waals surface area contributed by atoms with Crippen LogP contribution in [0.3, 0.4) is 0 Å². The highest BCUT2D eigenvalue weighted by Crippen LogP contribution is 2.50. The highest BCUT2D eigenvalue weighted by Gasteiger charge is 2.43. The topological polar surface area (TPSA) is 58.2 Å². The molecule has 158 valence electrons. The van der Waals surface area contributed by atoms with Crippen molar-refractivity contribution in [2.24, 2.45) is 35.5 Å². The molecule has 0 aromatic heterocycles. The predicted molar refractivity (Wildman–Crippen MR) is 112 cm³/mol. The van der Waals surface area contributed by atoms with E-state index in [1.165, 1.54) is 51.4 Å². The van der Waals surface area contributed by atoms with Gasteiger partial charge in [0.05, 0.1) is 0 Å². The van der Waals surface area contributed by atoms with E-state index in [-0.39, 0.29) is 11.8 Å². The zero-order valence-electron chi connectivity index (χ0n) is 17.9. The third kappa shape index (κ3) is 4.57. The van der Waals surface area contributed by atoms with Crippen LogP contribution in [0.5, 0.6) is 0 Å². The molecule has 0 spiro atoms. The Balaban J connectivity index is 1.07. The standard InChI is InChI=1S/C24H40N2O2/c1-15(21-13-17-7-9-19(21)11-17)25-23(27)5-3-4-6-24(28)26-16(2)22-14-18-8-10-20(22)12-18/h15-22H,3-14H2,1-2H3,(H,25,27)(H,26,28)/t15-,16-,17+,18+,19+,20+,21-,22+/m0/s1. The molecule has 0 saturated heterocycles. The van der Waals surface area contributed by atoms with Crippen LogP contribution in [0.4, 0.5) is 0 Å². The quantitative estimate of drug-likeness (QED) is 0.574. The monoisotopic (exact) mass is 388 g/mol. The van der Waals surface area contributed by atoms with Gasteiger partial charge in [0, 0.05) is 24.9 Å². The molecule has 0 aromatic rings. The zero-order valence-corrected chi connectivity index (χ0v) is 17.9. The molecule has 4 bridgehead atoms. The van der Waals surface area contributed by atoms with Crippen molar-refractivity contribution in [2.45, 2.75) is 103 Å². The third-order valence-corrected chi connectivity index (χ3v) is 8.71. The summed E-state index contributed by atoms with van der Waals surface area (Å²) in [7, 11) is 0. The summed E-state index contributed by atoms with van der Waals surface area (Å²) in [5, 5.41) is 6.48. The Morgan fingerprint density at radius 2 is 1.14 bits per heavy atom. The van der Waals surface area contributed by atoms with E-state index in [9.17, 15) is 9.59 Å². The Bertz CT molecular complexity index is 527. The lowest BCUT2D eigenvalue weighted by atomic mass is 9.84. The van der Waals surface area contributed by atoms with E-state index < -0.39 is 0 Å². The summed E-state index contributed by atoms with van der Waals surface area (Å²) in [6.45, 7) is 4.38. The van der Waals surface area contributed by atoms with Crippen molar-refractivity contribution in [3.8, 4) is 0 Å².